The summed E-state index contributed by atoms with van der Waals surface area (Å²) in [5, 5.41) is 6.94. The molecule has 2 aromatic rings. The highest BCUT2D eigenvalue weighted by Crippen LogP contribution is 2.39. The van der Waals surface area contributed by atoms with Gasteiger partial charge in [0, 0.05) is 17.7 Å². The highest BCUT2D eigenvalue weighted by molar-refractivity contribution is 7.80. The molecule has 1 heterocycles. The quantitative estimate of drug-likeness (QED) is 0.799. The lowest BCUT2D eigenvalue weighted by molar-refractivity contribution is 0.0697. The molecule has 0 saturated carbocycles. The number of fused-ring (bicyclic) bond motifs is 1. The SMILES string of the molecule is CC1(C)CC(NC(=S)Nc2ccc(F)cc2)c2ccccc2O1. The number of hydrogen-bond donors (Lipinski definition) is 2. The number of thiocarbonyl (C=S) groups is 1. The number of benzene rings is 2. The second-order valence-corrected chi connectivity index (χ2v) is 6.67. The lowest BCUT2D eigenvalue weighted by Gasteiger charge is -2.38. The monoisotopic (exact) mass is 330 g/mol. The minimum atomic E-state index is -0.269. The zero-order chi connectivity index (χ0) is 16.4. The van der Waals surface area contributed by atoms with Crippen molar-refractivity contribution in [2.75, 3.05) is 5.32 Å². The van der Waals surface area contributed by atoms with Gasteiger partial charge in [-0.2, -0.15) is 0 Å². The molecule has 0 radical (unpaired) electrons. The number of anilines is 1. The van der Waals surface area contributed by atoms with Crippen LogP contribution >= 0.6 is 12.2 Å². The van der Waals surface area contributed by atoms with Crippen LogP contribution in [0.1, 0.15) is 31.9 Å². The molecule has 3 rings (SSSR count). The summed E-state index contributed by atoms with van der Waals surface area (Å²) < 4.78 is 19.0. The molecule has 5 heteroatoms. The van der Waals surface area contributed by atoms with E-state index in [2.05, 4.69) is 24.5 Å². The van der Waals surface area contributed by atoms with Crippen molar-refractivity contribution in [1.82, 2.24) is 5.32 Å². The maximum Gasteiger partial charge on any atom is 0.171 e. The van der Waals surface area contributed by atoms with Crippen LogP contribution in [0.5, 0.6) is 5.75 Å². The number of nitrogens with one attached hydrogen (secondary N) is 2. The van der Waals surface area contributed by atoms with Crippen LogP contribution in [0.4, 0.5) is 10.1 Å². The smallest absolute Gasteiger partial charge is 0.171 e. The fourth-order valence-electron chi connectivity index (χ4n) is 2.79. The Kier molecular flexibility index (Phi) is 4.22. The first kappa shape index (κ1) is 15.7. The maximum atomic E-state index is 13.0. The van der Waals surface area contributed by atoms with Gasteiger partial charge in [0.1, 0.15) is 17.2 Å². The van der Waals surface area contributed by atoms with Crippen molar-refractivity contribution < 1.29 is 9.13 Å². The number of para-hydroxylation sites is 1. The van der Waals surface area contributed by atoms with Gasteiger partial charge in [0.2, 0.25) is 0 Å². The first-order valence-corrected chi connectivity index (χ1v) is 7.95. The molecule has 0 bridgehead atoms. The Hall–Kier alpha value is -2.14. The molecule has 1 aliphatic rings. The Morgan fingerprint density at radius 2 is 1.87 bits per heavy atom. The molecule has 0 aromatic heterocycles. The minimum Gasteiger partial charge on any atom is -0.487 e. The molecule has 0 fully saturated rings. The molecule has 0 aliphatic carbocycles. The molecule has 1 atom stereocenters. The second kappa shape index (κ2) is 6.16. The molecular formula is C18H19FN2OS. The van der Waals surface area contributed by atoms with Gasteiger partial charge in [-0.25, -0.2) is 4.39 Å². The molecule has 0 spiro atoms. The first-order valence-electron chi connectivity index (χ1n) is 7.54. The summed E-state index contributed by atoms with van der Waals surface area (Å²) in [4.78, 5) is 0. The van der Waals surface area contributed by atoms with E-state index in [0.29, 0.717) is 5.11 Å². The summed E-state index contributed by atoms with van der Waals surface area (Å²) >= 11 is 5.40. The summed E-state index contributed by atoms with van der Waals surface area (Å²) in [7, 11) is 0. The lowest BCUT2D eigenvalue weighted by Crippen LogP contribution is -2.42. The van der Waals surface area contributed by atoms with E-state index in [4.69, 9.17) is 17.0 Å². The average molecular weight is 330 g/mol. The maximum absolute atomic E-state index is 13.0. The Morgan fingerprint density at radius 1 is 1.17 bits per heavy atom. The topological polar surface area (TPSA) is 33.3 Å². The second-order valence-electron chi connectivity index (χ2n) is 6.26. The van der Waals surface area contributed by atoms with Crippen LogP contribution in [-0.4, -0.2) is 10.7 Å². The Morgan fingerprint density at radius 3 is 2.61 bits per heavy atom. The third kappa shape index (κ3) is 3.79. The van der Waals surface area contributed by atoms with Gasteiger partial charge in [-0.05, 0) is 56.4 Å². The molecule has 2 aromatic carbocycles. The third-order valence-corrected chi connectivity index (χ3v) is 4.00. The van der Waals surface area contributed by atoms with E-state index in [1.807, 2.05) is 24.3 Å². The summed E-state index contributed by atoms with van der Waals surface area (Å²) in [5.74, 6) is 0.611. The number of ether oxygens (including phenoxy) is 1. The van der Waals surface area contributed by atoms with Crippen molar-refractivity contribution >= 4 is 23.0 Å². The number of hydrogen-bond acceptors (Lipinski definition) is 2. The van der Waals surface area contributed by atoms with Crippen LogP contribution in [0.3, 0.4) is 0 Å². The van der Waals surface area contributed by atoms with Crippen LogP contribution in [0, 0.1) is 5.82 Å². The third-order valence-electron chi connectivity index (χ3n) is 3.78. The van der Waals surface area contributed by atoms with E-state index in [9.17, 15) is 4.39 Å². The normalized spacial score (nSPS) is 18.5. The molecular weight excluding hydrogens is 311 g/mol. The Bertz CT molecular complexity index is 715. The van der Waals surface area contributed by atoms with E-state index in [0.717, 1.165) is 23.4 Å². The van der Waals surface area contributed by atoms with Gasteiger partial charge in [0.15, 0.2) is 5.11 Å². The predicted octanol–water partition coefficient (Wildman–Crippen LogP) is 4.41. The highest BCUT2D eigenvalue weighted by atomic mass is 32.1. The van der Waals surface area contributed by atoms with Crippen molar-refractivity contribution in [2.45, 2.75) is 31.9 Å². The van der Waals surface area contributed by atoms with Crippen molar-refractivity contribution in [3.63, 3.8) is 0 Å². The fraction of sp³-hybridized carbons (Fsp3) is 0.278. The first-order chi connectivity index (χ1) is 10.9. The molecule has 1 unspecified atom stereocenters. The lowest BCUT2D eigenvalue weighted by atomic mass is 9.90. The van der Waals surface area contributed by atoms with Crippen molar-refractivity contribution in [2.24, 2.45) is 0 Å². The van der Waals surface area contributed by atoms with Gasteiger partial charge in [-0.3, -0.25) is 0 Å². The van der Waals surface area contributed by atoms with Crippen molar-refractivity contribution in [3.05, 3.63) is 59.9 Å². The van der Waals surface area contributed by atoms with E-state index in [1.54, 1.807) is 12.1 Å². The van der Waals surface area contributed by atoms with Crippen LogP contribution in [0.15, 0.2) is 48.5 Å². The highest BCUT2D eigenvalue weighted by Gasteiger charge is 2.33. The van der Waals surface area contributed by atoms with Gasteiger partial charge in [-0.1, -0.05) is 18.2 Å². The largest absolute Gasteiger partial charge is 0.487 e. The summed E-state index contributed by atoms with van der Waals surface area (Å²) in [5.41, 5.74) is 1.58. The van der Waals surface area contributed by atoms with Gasteiger partial charge in [0.25, 0.3) is 0 Å². The van der Waals surface area contributed by atoms with E-state index in [1.165, 1.54) is 12.1 Å². The van der Waals surface area contributed by atoms with Gasteiger partial charge in [0.05, 0.1) is 6.04 Å². The zero-order valence-corrected chi connectivity index (χ0v) is 13.9. The molecule has 0 saturated heterocycles. The van der Waals surface area contributed by atoms with Gasteiger partial charge >= 0.3 is 0 Å². The standard InChI is InChI=1S/C18H19FN2OS/c1-18(2)11-15(14-5-3-4-6-16(14)22-18)21-17(23)20-13-9-7-12(19)8-10-13/h3-10,15H,11H2,1-2H3,(H2,20,21,23). The van der Waals surface area contributed by atoms with Crippen molar-refractivity contribution in [1.29, 1.82) is 0 Å². The molecule has 1 aliphatic heterocycles. The summed E-state index contributed by atoms with van der Waals surface area (Å²) in [6.45, 7) is 4.13. The minimum absolute atomic E-state index is 0.0652. The van der Waals surface area contributed by atoms with E-state index >= 15 is 0 Å². The van der Waals surface area contributed by atoms with Crippen LogP contribution in [-0.2, 0) is 0 Å². The van der Waals surface area contributed by atoms with E-state index < -0.39 is 0 Å². The number of halogens is 1. The molecule has 0 amide bonds. The number of rotatable bonds is 2. The predicted molar refractivity (Wildman–Crippen MR) is 94.3 cm³/mol. The van der Waals surface area contributed by atoms with Gasteiger partial charge < -0.3 is 15.4 Å². The van der Waals surface area contributed by atoms with E-state index in [-0.39, 0.29) is 17.5 Å². The van der Waals surface area contributed by atoms with Crippen molar-refractivity contribution in [3.8, 4) is 5.75 Å². The van der Waals surface area contributed by atoms with Crippen LogP contribution in [0.2, 0.25) is 0 Å². The molecule has 3 nitrogen and oxygen atoms in total. The summed E-state index contributed by atoms with van der Waals surface area (Å²) in [6, 6.07) is 14.2. The molecule has 2 N–H and O–H groups in total. The van der Waals surface area contributed by atoms with Crippen LogP contribution < -0.4 is 15.4 Å². The zero-order valence-electron chi connectivity index (χ0n) is 13.1. The van der Waals surface area contributed by atoms with Crippen LogP contribution in [0.25, 0.3) is 0 Å². The summed E-state index contributed by atoms with van der Waals surface area (Å²) in [6.07, 6.45) is 0.801. The average Bonchev–Trinajstić information content (AvgIpc) is 2.48. The van der Waals surface area contributed by atoms with Gasteiger partial charge in [-0.15, -0.1) is 0 Å². The Balaban J connectivity index is 1.74. The molecule has 120 valence electrons. The molecule has 23 heavy (non-hydrogen) atoms. The fourth-order valence-corrected chi connectivity index (χ4v) is 3.05. The Labute approximate surface area is 140 Å².